The highest BCUT2D eigenvalue weighted by Crippen LogP contribution is 2.40. The van der Waals surface area contributed by atoms with Gasteiger partial charge in [-0.2, -0.15) is 0 Å². The fraction of sp³-hybridized carbons (Fsp3) is 0.214. The van der Waals surface area contributed by atoms with E-state index in [2.05, 4.69) is 0 Å². The fourth-order valence-corrected chi connectivity index (χ4v) is 4.73. The van der Waals surface area contributed by atoms with E-state index < -0.39 is 6.04 Å². The number of amides is 1. The molecule has 0 radical (unpaired) electrons. The summed E-state index contributed by atoms with van der Waals surface area (Å²) >= 11 is 6.43. The highest BCUT2D eigenvalue weighted by Gasteiger charge is 2.43. The molecular formula is C28H24ClNO4. The second-order valence-corrected chi connectivity index (χ2v) is 8.95. The van der Waals surface area contributed by atoms with Crippen molar-refractivity contribution in [3.05, 3.63) is 109 Å². The summed E-state index contributed by atoms with van der Waals surface area (Å²) in [6, 6.07) is 17.9. The Kier molecular flexibility index (Phi) is 5.66. The van der Waals surface area contributed by atoms with Crippen molar-refractivity contribution in [1.82, 2.24) is 4.90 Å². The first-order chi connectivity index (χ1) is 16.4. The summed E-state index contributed by atoms with van der Waals surface area (Å²) in [4.78, 5) is 29.1. The van der Waals surface area contributed by atoms with E-state index in [9.17, 15) is 9.59 Å². The van der Waals surface area contributed by atoms with Crippen molar-refractivity contribution in [1.29, 1.82) is 0 Å². The van der Waals surface area contributed by atoms with E-state index in [1.54, 1.807) is 11.0 Å². The number of nitrogens with zero attached hydrogens (tertiary/aromatic N) is 1. The monoisotopic (exact) mass is 473 g/mol. The summed E-state index contributed by atoms with van der Waals surface area (Å²) in [5.74, 6) is 0.425. The lowest BCUT2D eigenvalue weighted by Gasteiger charge is -2.26. The molecule has 1 aliphatic rings. The smallest absolute Gasteiger partial charge is 0.291 e. The highest BCUT2D eigenvalue weighted by molar-refractivity contribution is 6.31. The summed E-state index contributed by atoms with van der Waals surface area (Å²) in [6.07, 6.45) is 0. The molecule has 3 aromatic carbocycles. The van der Waals surface area contributed by atoms with E-state index in [1.807, 2.05) is 75.4 Å². The van der Waals surface area contributed by atoms with Gasteiger partial charge in [0.1, 0.15) is 11.3 Å². The van der Waals surface area contributed by atoms with Gasteiger partial charge < -0.3 is 14.1 Å². The van der Waals surface area contributed by atoms with Crippen molar-refractivity contribution in [2.45, 2.75) is 33.4 Å². The fourth-order valence-electron chi connectivity index (χ4n) is 4.54. The molecule has 0 bridgehead atoms. The van der Waals surface area contributed by atoms with Crippen molar-refractivity contribution in [3.8, 4) is 5.75 Å². The zero-order valence-corrected chi connectivity index (χ0v) is 20.0. The molecule has 0 spiro atoms. The minimum Gasteiger partial charge on any atom is -0.494 e. The zero-order chi connectivity index (χ0) is 24.0. The molecule has 34 heavy (non-hydrogen) atoms. The van der Waals surface area contributed by atoms with Gasteiger partial charge in [-0.25, -0.2) is 0 Å². The van der Waals surface area contributed by atoms with Crippen molar-refractivity contribution in [2.75, 3.05) is 6.61 Å². The average molecular weight is 474 g/mol. The topological polar surface area (TPSA) is 59.8 Å². The molecule has 1 aromatic heterocycles. The third-order valence-corrected chi connectivity index (χ3v) is 6.73. The van der Waals surface area contributed by atoms with Gasteiger partial charge in [0, 0.05) is 11.6 Å². The quantitative estimate of drug-likeness (QED) is 0.346. The van der Waals surface area contributed by atoms with Gasteiger partial charge >= 0.3 is 0 Å². The van der Waals surface area contributed by atoms with Gasteiger partial charge in [-0.3, -0.25) is 9.59 Å². The molecule has 172 valence electrons. The maximum absolute atomic E-state index is 13.8. The summed E-state index contributed by atoms with van der Waals surface area (Å²) < 4.78 is 11.8. The average Bonchev–Trinajstić information content (AvgIpc) is 3.09. The standard InChI is InChI=1S/C28H24ClNO4/c1-4-33-20-10-7-9-18(14-20)25-24-26(31)21-12-16(2)17(3)13-23(21)34-27(24)28(32)30(25)15-19-8-5-6-11-22(19)29/h5-14,25H,4,15H2,1-3H3. The first-order valence-corrected chi connectivity index (χ1v) is 11.6. The van der Waals surface area contributed by atoms with E-state index >= 15 is 0 Å². The molecule has 1 aliphatic heterocycles. The van der Waals surface area contributed by atoms with Crippen LogP contribution in [0.25, 0.3) is 11.0 Å². The second kappa shape index (κ2) is 8.65. The van der Waals surface area contributed by atoms with Crippen LogP contribution in [-0.4, -0.2) is 17.4 Å². The number of hydrogen-bond acceptors (Lipinski definition) is 4. The Morgan fingerprint density at radius 2 is 1.76 bits per heavy atom. The van der Waals surface area contributed by atoms with Crippen LogP contribution < -0.4 is 10.2 Å². The lowest BCUT2D eigenvalue weighted by molar-refractivity contribution is 0.0714. The number of ether oxygens (including phenoxy) is 1. The van der Waals surface area contributed by atoms with Gasteiger partial charge in [-0.1, -0.05) is 41.9 Å². The lowest BCUT2D eigenvalue weighted by Crippen LogP contribution is -2.29. The van der Waals surface area contributed by atoms with Crippen molar-refractivity contribution in [3.63, 3.8) is 0 Å². The molecule has 0 fully saturated rings. The van der Waals surface area contributed by atoms with Crippen LogP contribution in [0.1, 0.15) is 51.3 Å². The molecular weight excluding hydrogens is 450 g/mol. The number of hydrogen-bond donors (Lipinski definition) is 0. The lowest BCUT2D eigenvalue weighted by atomic mass is 9.97. The molecule has 5 nitrogen and oxygen atoms in total. The van der Waals surface area contributed by atoms with Crippen LogP contribution in [0, 0.1) is 13.8 Å². The maximum Gasteiger partial charge on any atom is 0.291 e. The largest absolute Gasteiger partial charge is 0.494 e. The summed E-state index contributed by atoms with van der Waals surface area (Å²) in [6.45, 7) is 6.57. The molecule has 0 N–H and O–H groups in total. The van der Waals surface area contributed by atoms with Crippen LogP contribution in [0.3, 0.4) is 0 Å². The number of carbonyl (C=O) groups excluding carboxylic acids is 1. The summed E-state index contributed by atoms with van der Waals surface area (Å²) in [5.41, 5.74) is 4.13. The van der Waals surface area contributed by atoms with Crippen LogP contribution in [0.2, 0.25) is 5.02 Å². The Hall–Kier alpha value is -3.57. The van der Waals surface area contributed by atoms with Gasteiger partial charge in [0.25, 0.3) is 5.91 Å². The molecule has 1 amide bonds. The molecule has 1 unspecified atom stereocenters. The van der Waals surface area contributed by atoms with Crippen molar-refractivity contribution >= 4 is 28.5 Å². The maximum atomic E-state index is 13.8. The van der Waals surface area contributed by atoms with E-state index in [0.29, 0.717) is 33.9 Å². The Bertz CT molecular complexity index is 1490. The zero-order valence-electron chi connectivity index (χ0n) is 19.2. The molecule has 0 aliphatic carbocycles. The third-order valence-electron chi connectivity index (χ3n) is 6.37. The number of rotatable bonds is 5. The predicted octanol–water partition coefficient (Wildman–Crippen LogP) is 6.21. The summed E-state index contributed by atoms with van der Waals surface area (Å²) in [5, 5.41) is 1.03. The molecule has 5 rings (SSSR count). The van der Waals surface area contributed by atoms with E-state index in [4.69, 9.17) is 20.8 Å². The normalized spacial score (nSPS) is 15.1. The van der Waals surface area contributed by atoms with Gasteiger partial charge in [0.15, 0.2) is 5.43 Å². The Morgan fingerprint density at radius 1 is 1.00 bits per heavy atom. The van der Waals surface area contributed by atoms with Gasteiger partial charge in [-0.15, -0.1) is 0 Å². The van der Waals surface area contributed by atoms with Crippen LogP contribution in [-0.2, 0) is 6.54 Å². The van der Waals surface area contributed by atoms with E-state index in [0.717, 1.165) is 22.3 Å². The van der Waals surface area contributed by atoms with Crippen LogP contribution in [0.4, 0.5) is 0 Å². The number of aryl methyl sites for hydroxylation is 2. The number of halogens is 1. The molecule has 0 saturated heterocycles. The number of benzene rings is 3. The highest BCUT2D eigenvalue weighted by atomic mass is 35.5. The Labute approximate surface area is 202 Å². The SMILES string of the molecule is CCOc1cccc(C2c3c(oc4cc(C)c(C)cc4c3=O)C(=O)N2Cc2ccccc2Cl)c1. The number of fused-ring (bicyclic) bond motifs is 2. The van der Waals surface area contributed by atoms with Crippen molar-refractivity contribution in [2.24, 2.45) is 0 Å². The van der Waals surface area contributed by atoms with Gasteiger partial charge in [0.2, 0.25) is 5.76 Å². The molecule has 6 heteroatoms. The number of carbonyl (C=O) groups is 1. The van der Waals surface area contributed by atoms with E-state index in [-0.39, 0.29) is 23.6 Å². The van der Waals surface area contributed by atoms with Gasteiger partial charge in [-0.05, 0) is 73.4 Å². The Morgan fingerprint density at radius 3 is 2.53 bits per heavy atom. The summed E-state index contributed by atoms with van der Waals surface area (Å²) in [7, 11) is 0. The first kappa shape index (κ1) is 22.2. The molecule has 2 heterocycles. The van der Waals surface area contributed by atoms with Gasteiger partial charge in [0.05, 0.1) is 23.6 Å². The minimum atomic E-state index is -0.624. The van der Waals surface area contributed by atoms with Crippen LogP contribution in [0.15, 0.2) is 69.9 Å². The first-order valence-electron chi connectivity index (χ1n) is 11.2. The van der Waals surface area contributed by atoms with Crippen molar-refractivity contribution < 1.29 is 13.9 Å². The van der Waals surface area contributed by atoms with E-state index in [1.165, 1.54) is 0 Å². The van der Waals surface area contributed by atoms with Crippen LogP contribution in [0.5, 0.6) is 5.75 Å². The predicted molar refractivity (Wildman–Crippen MR) is 133 cm³/mol. The minimum absolute atomic E-state index is 0.0830. The molecule has 4 aromatic rings. The molecule has 1 atom stereocenters. The van der Waals surface area contributed by atoms with Crippen LogP contribution >= 0.6 is 11.6 Å². The third kappa shape index (κ3) is 3.66. The molecule has 0 saturated carbocycles. The second-order valence-electron chi connectivity index (χ2n) is 8.54. The Balaban J connectivity index is 1.74.